The molecule has 2 rings (SSSR count). The number of halogens is 1. The van der Waals surface area contributed by atoms with Crippen molar-refractivity contribution in [2.24, 2.45) is 17.8 Å². The minimum atomic E-state index is -0.582. The maximum absolute atomic E-state index is 13.2. The third kappa shape index (κ3) is 3.44. The Morgan fingerprint density at radius 3 is 2.95 bits per heavy atom. The second-order valence-corrected chi connectivity index (χ2v) is 5.33. The van der Waals surface area contributed by atoms with Crippen LogP contribution in [0, 0.1) is 17.8 Å². The summed E-state index contributed by atoms with van der Waals surface area (Å²) in [4.78, 5) is 11.9. The summed E-state index contributed by atoms with van der Waals surface area (Å²) in [6.07, 6.45) is 1.48. The molecular weight excluding hydrogens is 279 g/mol. The second kappa shape index (κ2) is 7.33. The number of alkyl halides is 1. The van der Waals surface area contributed by atoms with Gasteiger partial charge < -0.3 is 18.9 Å². The van der Waals surface area contributed by atoms with E-state index in [9.17, 15) is 9.18 Å². The lowest BCUT2D eigenvalue weighted by atomic mass is 9.79. The maximum Gasteiger partial charge on any atom is 0.311 e. The molecule has 1 aliphatic heterocycles. The van der Waals surface area contributed by atoms with Gasteiger partial charge in [-0.05, 0) is 31.8 Å². The lowest BCUT2D eigenvalue weighted by molar-refractivity contribution is -0.276. The highest BCUT2D eigenvalue weighted by Crippen LogP contribution is 2.44. The fraction of sp³-hybridized carbons (Fsp3) is 0.800. The summed E-state index contributed by atoms with van der Waals surface area (Å²) in [6, 6.07) is 0. The van der Waals surface area contributed by atoms with Crippen molar-refractivity contribution in [3.05, 3.63) is 11.6 Å². The van der Waals surface area contributed by atoms with E-state index < -0.39 is 19.3 Å². The standard InChI is InChI=1S/C15H23FO5/c1-4-19-9(2)21-15-13-10(7-16)5-6-11(13)12(8-20-15)14(17)18-3/h5,9,11-13,15H,4,6-8H2,1-3H3/t9?,11-,12-,13+,15+/m1/s1. The van der Waals surface area contributed by atoms with Gasteiger partial charge in [-0.2, -0.15) is 0 Å². The van der Waals surface area contributed by atoms with Crippen molar-refractivity contribution in [1.82, 2.24) is 0 Å². The number of ether oxygens (including phenoxy) is 4. The van der Waals surface area contributed by atoms with Crippen molar-refractivity contribution in [2.75, 3.05) is 27.0 Å². The van der Waals surface area contributed by atoms with Gasteiger partial charge in [0.1, 0.15) is 6.67 Å². The van der Waals surface area contributed by atoms with Crippen molar-refractivity contribution < 1.29 is 28.1 Å². The molecular formula is C15H23FO5. The van der Waals surface area contributed by atoms with E-state index in [1.807, 2.05) is 13.0 Å². The van der Waals surface area contributed by atoms with Gasteiger partial charge in [0, 0.05) is 12.5 Å². The molecule has 1 unspecified atom stereocenters. The van der Waals surface area contributed by atoms with E-state index in [0.29, 0.717) is 18.6 Å². The Labute approximate surface area is 124 Å². The van der Waals surface area contributed by atoms with Gasteiger partial charge in [0.25, 0.3) is 0 Å². The molecule has 5 atom stereocenters. The van der Waals surface area contributed by atoms with Gasteiger partial charge in [-0.25, -0.2) is 4.39 Å². The number of esters is 1. The second-order valence-electron chi connectivity index (χ2n) is 5.33. The summed E-state index contributed by atoms with van der Waals surface area (Å²) in [5.41, 5.74) is 0.641. The molecule has 0 amide bonds. The number of hydrogen-bond donors (Lipinski definition) is 0. The third-order valence-electron chi connectivity index (χ3n) is 4.18. The molecule has 0 aromatic heterocycles. The van der Waals surface area contributed by atoms with Crippen LogP contribution in [0.2, 0.25) is 0 Å². The first kappa shape index (κ1) is 16.4. The van der Waals surface area contributed by atoms with Crippen molar-refractivity contribution in [1.29, 1.82) is 0 Å². The van der Waals surface area contributed by atoms with Crippen LogP contribution in [-0.4, -0.2) is 45.5 Å². The minimum absolute atomic E-state index is 0.0317. The Kier molecular flexibility index (Phi) is 5.72. The summed E-state index contributed by atoms with van der Waals surface area (Å²) < 4.78 is 34.8. The van der Waals surface area contributed by atoms with Gasteiger partial charge in [0.15, 0.2) is 12.6 Å². The quantitative estimate of drug-likeness (QED) is 0.427. The normalized spacial score (nSPS) is 33.2. The fourth-order valence-corrected chi connectivity index (χ4v) is 3.19. The van der Waals surface area contributed by atoms with Crippen LogP contribution in [0.1, 0.15) is 20.3 Å². The van der Waals surface area contributed by atoms with Gasteiger partial charge in [-0.1, -0.05) is 6.08 Å². The van der Waals surface area contributed by atoms with Crippen LogP contribution < -0.4 is 0 Å². The molecule has 0 N–H and O–H groups in total. The number of rotatable bonds is 6. The molecule has 1 aliphatic carbocycles. The van der Waals surface area contributed by atoms with Crippen molar-refractivity contribution in [3.63, 3.8) is 0 Å². The van der Waals surface area contributed by atoms with E-state index in [1.165, 1.54) is 7.11 Å². The van der Waals surface area contributed by atoms with Gasteiger partial charge in [0.2, 0.25) is 0 Å². The lowest BCUT2D eigenvalue weighted by Gasteiger charge is -2.39. The number of carbonyl (C=O) groups excluding carboxylic acids is 1. The third-order valence-corrected chi connectivity index (χ3v) is 4.18. The number of allylic oxidation sites excluding steroid dienone is 1. The number of fused-ring (bicyclic) bond motifs is 1. The Morgan fingerprint density at radius 2 is 2.33 bits per heavy atom. The monoisotopic (exact) mass is 302 g/mol. The summed E-state index contributed by atoms with van der Waals surface area (Å²) >= 11 is 0. The molecule has 0 radical (unpaired) electrons. The first-order valence-electron chi connectivity index (χ1n) is 7.33. The summed E-state index contributed by atoms with van der Waals surface area (Å²) in [6.45, 7) is 3.85. The molecule has 1 heterocycles. The van der Waals surface area contributed by atoms with E-state index in [-0.39, 0.29) is 30.3 Å². The zero-order chi connectivity index (χ0) is 15.4. The topological polar surface area (TPSA) is 54.0 Å². The number of hydrogen-bond acceptors (Lipinski definition) is 5. The molecule has 5 nitrogen and oxygen atoms in total. The molecule has 6 heteroatoms. The number of methoxy groups -OCH3 is 1. The predicted molar refractivity (Wildman–Crippen MR) is 73.1 cm³/mol. The van der Waals surface area contributed by atoms with Crippen LogP contribution in [0.3, 0.4) is 0 Å². The van der Waals surface area contributed by atoms with Crippen molar-refractivity contribution >= 4 is 5.97 Å². The molecule has 0 bridgehead atoms. The van der Waals surface area contributed by atoms with Crippen LogP contribution in [-0.2, 0) is 23.7 Å². The molecule has 0 aromatic carbocycles. The van der Waals surface area contributed by atoms with E-state index in [2.05, 4.69) is 0 Å². The summed E-state index contributed by atoms with van der Waals surface area (Å²) in [7, 11) is 1.36. The van der Waals surface area contributed by atoms with E-state index >= 15 is 0 Å². The predicted octanol–water partition coefficient (Wildman–Crippen LogP) is 2.06. The lowest BCUT2D eigenvalue weighted by Crippen LogP contribution is -2.47. The Morgan fingerprint density at radius 1 is 1.57 bits per heavy atom. The zero-order valence-electron chi connectivity index (χ0n) is 12.7. The molecule has 2 aliphatic rings. The maximum atomic E-state index is 13.2. The van der Waals surface area contributed by atoms with Gasteiger partial charge in [-0.15, -0.1) is 0 Å². The van der Waals surface area contributed by atoms with Crippen LogP contribution in [0.25, 0.3) is 0 Å². The molecule has 0 aromatic rings. The Balaban J connectivity index is 2.11. The minimum Gasteiger partial charge on any atom is -0.469 e. The molecule has 0 saturated carbocycles. The highest BCUT2D eigenvalue weighted by Gasteiger charge is 2.48. The van der Waals surface area contributed by atoms with Gasteiger partial charge in [0.05, 0.1) is 19.6 Å². The smallest absolute Gasteiger partial charge is 0.311 e. The van der Waals surface area contributed by atoms with Gasteiger partial charge >= 0.3 is 5.97 Å². The molecule has 120 valence electrons. The van der Waals surface area contributed by atoms with Crippen molar-refractivity contribution in [3.8, 4) is 0 Å². The molecule has 1 fully saturated rings. The van der Waals surface area contributed by atoms with Crippen LogP contribution in [0.15, 0.2) is 11.6 Å². The first-order chi connectivity index (χ1) is 10.1. The average molecular weight is 302 g/mol. The average Bonchev–Trinajstić information content (AvgIpc) is 2.91. The Bertz CT molecular complexity index is 398. The van der Waals surface area contributed by atoms with Crippen molar-refractivity contribution in [2.45, 2.75) is 32.8 Å². The van der Waals surface area contributed by atoms with Crippen LogP contribution >= 0.6 is 0 Å². The summed E-state index contributed by atoms with van der Waals surface area (Å²) in [5, 5.41) is 0. The first-order valence-corrected chi connectivity index (χ1v) is 7.33. The highest BCUT2D eigenvalue weighted by molar-refractivity contribution is 5.73. The fourth-order valence-electron chi connectivity index (χ4n) is 3.19. The molecule has 0 spiro atoms. The SMILES string of the molecule is CCOC(C)O[C@@H]1OC[C@@H](C(=O)OC)[C@H]2CC=C(CF)[C@H]12. The van der Waals surface area contributed by atoms with E-state index in [4.69, 9.17) is 18.9 Å². The molecule has 1 saturated heterocycles. The number of carbonyl (C=O) groups is 1. The Hall–Kier alpha value is -0.980. The van der Waals surface area contributed by atoms with Crippen LogP contribution in [0.5, 0.6) is 0 Å². The van der Waals surface area contributed by atoms with Gasteiger partial charge in [-0.3, -0.25) is 4.79 Å². The highest BCUT2D eigenvalue weighted by atomic mass is 19.1. The molecule has 21 heavy (non-hydrogen) atoms. The van der Waals surface area contributed by atoms with E-state index in [1.54, 1.807) is 6.92 Å². The van der Waals surface area contributed by atoms with Crippen LogP contribution in [0.4, 0.5) is 4.39 Å². The largest absolute Gasteiger partial charge is 0.469 e. The summed E-state index contributed by atoms with van der Waals surface area (Å²) in [5.74, 6) is -0.969. The zero-order valence-corrected chi connectivity index (χ0v) is 12.7. The van der Waals surface area contributed by atoms with E-state index in [0.717, 1.165) is 0 Å².